The van der Waals surface area contributed by atoms with Crippen molar-refractivity contribution >= 4 is 23.5 Å². The molecule has 2 atom stereocenters. The van der Waals surface area contributed by atoms with Crippen LogP contribution < -0.4 is 10.8 Å². The van der Waals surface area contributed by atoms with Gasteiger partial charge in [0.25, 0.3) is 0 Å². The van der Waals surface area contributed by atoms with Crippen molar-refractivity contribution in [2.45, 2.75) is 57.9 Å². The second kappa shape index (κ2) is 8.86. The molecule has 9 heteroatoms. The van der Waals surface area contributed by atoms with Gasteiger partial charge in [-0.05, 0) is 43.2 Å². The van der Waals surface area contributed by atoms with Crippen molar-refractivity contribution in [1.29, 1.82) is 0 Å². The number of hydrogen-bond donors (Lipinski definition) is 3. The number of halogens is 1. The molecule has 0 aromatic carbocycles. The zero-order valence-electron chi connectivity index (χ0n) is 16.5. The second-order valence-corrected chi connectivity index (χ2v) is 8.09. The fourth-order valence-electron chi connectivity index (χ4n) is 4.01. The van der Waals surface area contributed by atoms with Crippen LogP contribution in [0.25, 0.3) is 0 Å². The van der Waals surface area contributed by atoms with Crippen LogP contribution in [0.5, 0.6) is 0 Å². The number of amides is 3. The molecule has 2 aliphatic rings. The highest BCUT2D eigenvalue weighted by Gasteiger charge is 2.55. The third-order valence-electron chi connectivity index (χ3n) is 5.86. The average Bonchev–Trinajstić information content (AvgIpc) is 3.36. The van der Waals surface area contributed by atoms with Crippen LogP contribution in [0.15, 0.2) is 18.3 Å². The van der Waals surface area contributed by atoms with Crippen molar-refractivity contribution in [2.75, 3.05) is 11.9 Å². The number of hydroxylamine groups is 1. The molecule has 8 nitrogen and oxygen atoms in total. The normalized spacial score (nSPS) is 20.4. The van der Waals surface area contributed by atoms with Gasteiger partial charge in [0, 0.05) is 25.1 Å². The maximum Gasteiger partial charge on any atom is 0.248 e. The van der Waals surface area contributed by atoms with Crippen LogP contribution in [0.2, 0.25) is 0 Å². The predicted molar refractivity (Wildman–Crippen MR) is 102 cm³/mol. The van der Waals surface area contributed by atoms with E-state index in [1.54, 1.807) is 5.48 Å². The Bertz CT molecular complexity index is 783. The summed E-state index contributed by atoms with van der Waals surface area (Å²) in [5, 5.41) is 11.3. The zero-order valence-corrected chi connectivity index (χ0v) is 16.5. The fraction of sp³-hybridized carbons (Fsp3) is 0.600. The van der Waals surface area contributed by atoms with Gasteiger partial charge in [-0.25, -0.2) is 14.9 Å². The maximum atomic E-state index is 13.9. The molecule has 0 radical (unpaired) electrons. The first kappa shape index (κ1) is 21.2. The van der Waals surface area contributed by atoms with Gasteiger partial charge in [0.2, 0.25) is 17.7 Å². The molecule has 1 spiro atoms. The highest BCUT2D eigenvalue weighted by atomic mass is 19.1. The van der Waals surface area contributed by atoms with E-state index in [9.17, 15) is 18.8 Å². The minimum atomic E-state index is -0.729. The highest BCUT2D eigenvalue weighted by Crippen LogP contribution is 2.55. The summed E-state index contributed by atoms with van der Waals surface area (Å²) in [6.45, 7) is 2.44. The quantitative estimate of drug-likeness (QED) is 0.453. The number of anilines is 1. The summed E-state index contributed by atoms with van der Waals surface area (Å²) in [5.41, 5.74) is 1.52. The van der Waals surface area contributed by atoms with Crippen molar-refractivity contribution in [3.8, 4) is 0 Å². The zero-order chi connectivity index (χ0) is 21.0. The SMILES string of the molecule is CCCC[C@H](CC(=O)NO)C(=O)N1CC2(CC2)CC1C(=O)Nc1ncccc1F. The van der Waals surface area contributed by atoms with Gasteiger partial charge in [-0.2, -0.15) is 0 Å². The van der Waals surface area contributed by atoms with Gasteiger partial charge in [-0.3, -0.25) is 19.6 Å². The fourth-order valence-corrected chi connectivity index (χ4v) is 4.01. The summed E-state index contributed by atoms with van der Waals surface area (Å²) in [6.07, 6.45) is 5.75. The molecule has 3 rings (SSSR count). The van der Waals surface area contributed by atoms with Crippen molar-refractivity contribution in [2.24, 2.45) is 11.3 Å². The molecule has 2 fully saturated rings. The first-order chi connectivity index (χ1) is 13.9. The Kier molecular flexibility index (Phi) is 6.46. The minimum Gasteiger partial charge on any atom is -0.330 e. The van der Waals surface area contributed by atoms with E-state index >= 15 is 0 Å². The van der Waals surface area contributed by atoms with Crippen molar-refractivity contribution in [3.63, 3.8) is 0 Å². The molecule has 1 saturated heterocycles. The van der Waals surface area contributed by atoms with Crippen LogP contribution in [-0.4, -0.2) is 45.4 Å². The number of hydrogen-bond acceptors (Lipinski definition) is 5. The second-order valence-electron chi connectivity index (χ2n) is 8.09. The van der Waals surface area contributed by atoms with E-state index < -0.39 is 29.6 Å². The lowest BCUT2D eigenvalue weighted by molar-refractivity contribution is -0.143. The summed E-state index contributed by atoms with van der Waals surface area (Å²) in [7, 11) is 0. The van der Waals surface area contributed by atoms with E-state index in [2.05, 4.69) is 10.3 Å². The molecular formula is C20H27FN4O4. The summed E-state index contributed by atoms with van der Waals surface area (Å²) in [5.74, 6) is -2.79. The highest BCUT2D eigenvalue weighted by molar-refractivity contribution is 5.98. The van der Waals surface area contributed by atoms with Crippen molar-refractivity contribution in [1.82, 2.24) is 15.4 Å². The van der Waals surface area contributed by atoms with E-state index in [0.29, 0.717) is 19.4 Å². The van der Waals surface area contributed by atoms with Crippen molar-refractivity contribution in [3.05, 3.63) is 24.1 Å². The molecule has 1 saturated carbocycles. The molecule has 3 amide bonds. The third kappa shape index (κ3) is 4.90. The lowest BCUT2D eigenvalue weighted by Gasteiger charge is -2.28. The molecule has 158 valence electrons. The molecule has 3 N–H and O–H groups in total. The summed E-state index contributed by atoms with van der Waals surface area (Å²) >= 11 is 0. The molecule has 1 unspecified atom stereocenters. The van der Waals surface area contributed by atoms with Gasteiger partial charge in [-0.1, -0.05) is 19.8 Å². The Hall–Kier alpha value is -2.55. The van der Waals surface area contributed by atoms with Crippen LogP contribution in [0.3, 0.4) is 0 Å². The lowest BCUT2D eigenvalue weighted by Crippen LogP contribution is -2.46. The van der Waals surface area contributed by atoms with E-state index in [4.69, 9.17) is 5.21 Å². The largest absolute Gasteiger partial charge is 0.330 e. The summed E-state index contributed by atoms with van der Waals surface area (Å²) in [6, 6.07) is 1.91. The predicted octanol–water partition coefficient (Wildman–Crippen LogP) is 2.24. The third-order valence-corrected chi connectivity index (χ3v) is 5.86. The Labute approximate surface area is 168 Å². The van der Waals surface area contributed by atoms with Gasteiger partial charge >= 0.3 is 0 Å². The number of likely N-dealkylation sites (tertiary alicyclic amines) is 1. The first-order valence-corrected chi connectivity index (χ1v) is 10.0. The molecule has 29 heavy (non-hydrogen) atoms. The number of nitrogens with zero attached hydrogens (tertiary/aromatic N) is 2. The Balaban J connectivity index is 1.77. The number of rotatable bonds is 8. The topological polar surface area (TPSA) is 112 Å². The van der Waals surface area contributed by atoms with E-state index in [-0.39, 0.29) is 23.6 Å². The van der Waals surface area contributed by atoms with E-state index in [1.807, 2.05) is 6.92 Å². The first-order valence-electron chi connectivity index (χ1n) is 10.0. The standard InChI is InChI=1S/C20H27FN4O4/c1-2-3-5-13(10-16(26)24-29)19(28)25-12-20(7-8-20)11-15(25)18(27)23-17-14(21)6-4-9-22-17/h4,6,9,13,15,29H,2-3,5,7-8,10-12H2,1H3,(H,24,26)(H,22,23,27)/t13-,15?/m1/s1. The molecule has 1 aliphatic carbocycles. The number of carbonyl (C=O) groups excluding carboxylic acids is 3. The van der Waals surface area contributed by atoms with Crippen LogP contribution in [0.1, 0.15) is 51.9 Å². The van der Waals surface area contributed by atoms with Crippen LogP contribution in [0, 0.1) is 17.2 Å². The van der Waals surface area contributed by atoms with Gasteiger partial charge in [-0.15, -0.1) is 0 Å². The van der Waals surface area contributed by atoms with Crippen LogP contribution in [0.4, 0.5) is 10.2 Å². The van der Waals surface area contributed by atoms with Gasteiger partial charge in [0.15, 0.2) is 11.6 Å². The number of unbranched alkanes of at least 4 members (excludes halogenated alkanes) is 1. The minimum absolute atomic E-state index is 0.0606. The number of aromatic nitrogens is 1. The number of carbonyl (C=O) groups is 3. The van der Waals surface area contributed by atoms with E-state index in [0.717, 1.165) is 25.7 Å². The Morgan fingerprint density at radius 1 is 1.41 bits per heavy atom. The van der Waals surface area contributed by atoms with Crippen LogP contribution >= 0.6 is 0 Å². The molecular weight excluding hydrogens is 379 g/mol. The molecule has 0 bridgehead atoms. The van der Waals surface area contributed by atoms with E-state index in [1.165, 1.54) is 23.2 Å². The molecule has 2 heterocycles. The Morgan fingerprint density at radius 3 is 2.79 bits per heavy atom. The summed E-state index contributed by atoms with van der Waals surface area (Å²) in [4.78, 5) is 43.2. The molecule has 1 aromatic heterocycles. The molecule has 1 aromatic rings. The number of nitrogens with one attached hydrogen (secondary N) is 2. The van der Waals surface area contributed by atoms with Gasteiger partial charge < -0.3 is 10.2 Å². The molecule has 1 aliphatic heterocycles. The van der Waals surface area contributed by atoms with Gasteiger partial charge in [0.05, 0.1) is 0 Å². The van der Waals surface area contributed by atoms with Crippen molar-refractivity contribution < 1.29 is 24.0 Å². The maximum absolute atomic E-state index is 13.9. The lowest BCUT2D eigenvalue weighted by atomic mass is 9.96. The van der Waals surface area contributed by atoms with Gasteiger partial charge in [0.1, 0.15) is 6.04 Å². The smallest absolute Gasteiger partial charge is 0.248 e. The summed E-state index contributed by atoms with van der Waals surface area (Å²) < 4.78 is 13.9. The Morgan fingerprint density at radius 2 is 2.17 bits per heavy atom. The number of pyridine rings is 1. The van der Waals surface area contributed by atoms with Crippen LogP contribution in [-0.2, 0) is 14.4 Å². The monoisotopic (exact) mass is 406 g/mol. The average molecular weight is 406 g/mol.